The molecule has 2 N–H and O–H groups in total. The standard InChI is InChI=1S/C14H27NO4/c1-9(2)7-10(11(16)14(6)8-18-14)15-12(17)19-13(3,4)5/h9-11,16H,7-8H2,1-6H3,(H,15,17)/t10-,11+,14+/m0/s1. The molecule has 112 valence electrons. The summed E-state index contributed by atoms with van der Waals surface area (Å²) in [5.41, 5.74) is -1.08. The second kappa shape index (κ2) is 5.67. The Balaban J connectivity index is 2.62. The van der Waals surface area contributed by atoms with E-state index in [1.807, 2.05) is 41.5 Å². The predicted molar refractivity (Wildman–Crippen MR) is 73.0 cm³/mol. The maximum absolute atomic E-state index is 11.8. The topological polar surface area (TPSA) is 71.1 Å². The number of carbonyl (C=O) groups excluding carboxylic acids is 1. The van der Waals surface area contributed by atoms with Gasteiger partial charge in [-0.15, -0.1) is 0 Å². The van der Waals surface area contributed by atoms with E-state index in [4.69, 9.17) is 9.47 Å². The van der Waals surface area contributed by atoms with Gasteiger partial charge in [0, 0.05) is 0 Å². The van der Waals surface area contributed by atoms with Gasteiger partial charge in [-0.25, -0.2) is 4.79 Å². The summed E-state index contributed by atoms with van der Waals surface area (Å²) >= 11 is 0. The van der Waals surface area contributed by atoms with Gasteiger partial charge >= 0.3 is 6.09 Å². The molecule has 5 nitrogen and oxygen atoms in total. The highest BCUT2D eigenvalue weighted by molar-refractivity contribution is 5.68. The van der Waals surface area contributed by atoms with Crippen molar-refractivity contribution in [2.45, 2.75) is 71.3 Å². The van der Waals surface area contributed by atoms with E-state index in [-0.39, 0.29) is 6.04 Å². The minimum atomic E-state index is -0.720. The van der Waals surface area contributed by atoms with Crippen LogP contribution in [0.25, 0.3) is 0 Å². The summed E-state index contributed by atoms with van der Waals surface area (Å²) < 4.78 is 10.5. The van der Waals surface area contributed by atoms with Crippen LogP contribution in [0.3, 0.4) is 0 Å². The molecule has 1 aliphatic rings. The van der Waals surface area contributed by atoms with E-state index in [0.29, 0.717) is 18.9 Å². The molecule has 1 fully saturated rings. The van der Waals surface area contributed by atoms with Crippen LogP contribution in [0.5, 0.6) is 0 Å². The van der Waals surface area contributed by atoms with Crippen LogP contribution in [0.4, 0.5) is 4.79 Å². The minimum absolute atomic E-state index is 0.358. The molecule has 0 aromatic rings. The highest BCUT2D eigenvalue weighted by atomic mass is 16.6. The number of amides is 1. The zero-order chi connectivity index (χ0) is 14.8. The first-order valence-corrected chi connectivity index (χ1v) is 6.85. The molecule has 3 atom stereocenters. The van der Waals surface area contributed by atoms with E-state index < -0.39 is 23.4 Å². The normalized spacial score (nSPS) is 25.9. The number of hydrogen-bond acceptors (Lipinski definition) is 4. The highest BCUT2D eigenvalue weighted by Crippen LogP contribution is 2.33. The number of rotatable bonds is 5. The van der Waals surface area contributed by atoms with Gasteiger partial charge in [-0.05, 0) is 40.0 Å². The lowest BCUT2D eigenvalue weighted by molar-refractivity contribution is 0.0228. The monoisotopic (exact) mass is 273 g/mol. The number of hydrogen-bond donors (Lipinski definition) is 2. The number of aliphatic hydroxyl groups excluding tert-OH is 1. The molecule has 0 radical (unpaired) electrons. The first kappa shape index (κ1) is 16.2. The molecule has 1 aliphatic heterocycles. The first-order chi connectivity index (χ1) is 8.53. The smallest absolute Gasteiger partial charge is 0.407 e. The van der Waals surface area contributed by atoms with Crippen LogP contribution in [0, 0.1) is 5.92 Å². The van der Waals surface area contributed by atoms with Crippen LogP contribution in [0.2, 0.25) is 0 Å². The predicted octanol–water partition coefficient (Wildman–Crippen LogP) is 2.08. The summed E-state index contributed by atoms with van der Waals surface area (Å²) in [7, 11) is 0. The molecule has 5 heteroatoms. The summed E-state index contributed by atoms with van der Waals surface area (Å²) in [6.45, 7) is 11.9. The van der Waals surface area contributed by atoms with E-state index in [1.54, 1.807) is 0 Å². The van der Waals surface area contributed by atoms with Gasteiger partial charge in [0.1, 0.15) is 17.3 Å². The van der Waals surface area contributed by atoms with Gasteiger partial charge in [0.15, 0.2) is 0 Å². The van der Waals surface area contributed by atoms with Crippen LogP contribution >= 0.6 is 0 Å². The third kappa shape index (κ3) is 5.37. The molecule has 1 saturated heterocycles. The Morgan fingerprint density at radius 3 is 2.37 bits per heavy atom. The second-order valence-corrected chi connectivity index (χ2v) is 6.93. The minimum Gasteiger partial charge on any atom is -0.444 e. The molecule has 0 saturated carbocycles. The third-order valence-electron chi connectivity index (χ3n) is 3.03. The fourth-order valence-corrected chi connectivity index (χ4v) is 1.94. The zero-order valence-corrected chi connectivity index (χ0v) is 12.8. The quantitative estimate of drug-likeness (QED) is 0.752. The maximum Gasteiger partial charge on any atom is 0.407 e. The number of carbonyl (C=O) groups is 1. The Hall–Kier alpha value is -0.810. The Bertz CT molecular complexity index is 318. The molecular formula is C14H27NO4. The fourth-order valence-electron chi connectivity index (χ4n) is 1.94. The molecule has 0 aliphatic carbocycles. The lowest BCUT2D eigenvalue weighted by atomic mass is 9.92. The van der Waals surface area contributed by atoms with Crippen LogP contribution in [0.1, 0.15) is 48.0 Å². The summed E-state index contributed by atoms with van der Waals surface area (Å²) in [5, 5.41) is 13.1. The number of alkyl carbamates (subject to hydrolysis) is 1. The Morgan fingerprint density at radius 1 is 1.47 bits per heavy atom. The summed E-state index contributed by atoms with van der Waals surface area (Å²) in [6.07, 6.45) is -0.539. The zero-order valence-electron chi connectivity index (χ0n) is 12.8. The van der Waals surface area contributed by atoms with E-state index >= 15 is 0 Å². The Labute approximate surface area is 115 Å². The summed E-state index contributed by atoms with van der Waals surface area (Å²) in [4.78, 5) is 11.8. The van der Waals surface area contributed by atoms with Crippen molar-refractivity contribution in [2.24, 2.45) is 5.92 Å². The van der Waals surface area contributed by atoms with Crippen LogP contribution < -0.4 is 5.32 Å². The number of epoxide rings is 1. The first-order valence-electron chi connectivity index (χ1n) is 6.85. The van der Waals surface area contributed by atoms with Crippen molar-refractivity contribution < 1.29 is 19.4 Å². The number of nitrogens with one attached hydrogen (secondary N) is 1. The largest absolute Gasteiger partial charge is 0.444 e. The van der Waals surface area contributed by atoms with E-state index in [1.165, 1.54) is 0 Å². The molecule has 0 aromatic heterocycles. The van der Waals surface area contributed by atoms with Crippen molar-refractivity contribution in [3.8, 4) is 0 Å². The maximum atomic E-state index is 11.8. The van der Waals surface area contributed by atoms with Gasteiger partial charge in [-0.1, -0.05) is 13.8 Å². The molecular weight excluding hydrogens is 246 g/mol. The van der Waals surface area contributed by atoms with Crippen LogP contribution in [-0.4, -0.2) is 41.2 Å². The van der Waals surface area contributed by atoms with E-state index in [0.717, 1.165) is 0 Å². The molecule has 0 aromatic carbocycles. The number of aliphatic hydroxyl groups is 1. The molecule has 0 spiro atoms. The van der Waals surface area contributed by atoms with Crippen molar-refractivity contribution in [1.29, 1.82) is 0 Å². The third-order valence-corrected chi connectivity index (χ3v) is 3.03. The molecule has 0 bridgehead atoms. The van der Waals surface area contributed by atoms with Gasteiger partial charge < -0.3 is 19.9 Å². The molecule has 1 heterocycles. The Morgan fingerprint density at radius 2 is 2.00 bits per heavy atom. The highest BCUT2D eigenvalue weighted by Gasteiger charge is 2.50. The van der Waals surface area contributed by atoms with Crippen molar-refractivity contribution in [1.82, 2.24) is 5.32 Å². The van der Waals surface area contributed by atoms with E-state index in [2.05, 4.69) is 5.32 Å². The lowest BCUT2D eigenvalue weighted by Crippen LogP contribution is -2.51. The van der Waals surface area contributed by atoms with Crippen molar-refractivity contribution in [2.75, 3.05) is 6.61 Å². The van der Waals surface area contributed by atoms with Gasteiger partial charge in [0.05, 0.1) is 12.6 Å². The Kier molecular flexibility index (Phi) is 4.85. The van der Waals surface area contributed by atoms with Crippen LogP contribution in [-0.2, 0) is 9.47 Å². The SMILES string of the molecule is CC(C)C[C@H](NC(=O)OC(C)(C)C)[C@@H](O)[C@@]1(C)CO1. The van der Waals surface area contributed by atoms with Crippen LogP contribution in [0.15, 0.2) is 0 Å². The number of ether oxygens (including phenoxy) is 2. The fraction of sp³-hybridized carbons (Fsp3) is 0.929. The van der Waals surface area contributed by atoms with Gasteiger partial charge in [0.2, 0.25) is 0 Å². The second-order valence-electron chi connectivity index (χ2n) is 6.93. The van der Waals surface area contributed by atoms with Gasteiger partial charge in [0.25, 0.3) is 0 Å². The van der Waals surface area contributed by atoms with Crippen molar-refractivity contribution in [3.05, 3.63) is 0 Å². The average molecular weight is 273 g/mol. The van der Waals surface area contributed by atoms with Crippen molar-refractivity contribution in [3.63, 3.8) is 0 Å². The molecule has 19 heavy (non-hydrogen) atoms. The van der Waals surface area contributed by atoms with Gasteiger partial charge in [-0.3, -0.25) is 0 Å². The van der Waals surface area contributed by atoms with E-state index in [9.17, 15) is 9.90 Å². The summed E-state index contributed by atoms with van der Waals surface area (Å²) in [5.74, 6) is 0.358. The summed E-state index contributed by atoms with van der Waals surface area (Å²) in [6, 6.07) is -0.359. The van der Waals surface area contributed by atoms with Crippen molar-refractivity contribution >= 4 is 6.09 Å². The molecule has 1 amide bonds. The van der Waals surface area contributed by atoms with Gasteiger partial charge in [-0.2, -0.15) is 0 Å². The lowest BCUT2D eigenvalue weighted by Gasteiger charge is -2.29. The average Bonchev–Trinajstić information content (AvgIpc) is 2.92. The molecule has 1 rings (SSSR count). The molecule has 0 unspecified atom stereocenters.